The number of fused-ring (bicyclic) bond motifs is 2. The fourth-order valence-corrected chi connectivity index (χ4v) is 7.56. The standard InChI is InChI=1S/C20H26O9/c1-7-4-9(21)13(23)17(2)8(7)5-10-19-6-28-18(3,14(24)11(22)12(17)19)20(19,27)15(25)16(26)29-10/h4,8,10-15,22-25,27H,5-6H2,1-3H3/t8-,10+,11-,12?,13+,14+,15+,17+,18-,19-,20-/m1/s1. The van der Waals surface area contributed by atoms with Crippen molar-refractivity contribution in [1.29, 1.82) is 0 Å². The Balaban J connectivity index is 1.83. The molecule has 5 N–H and O–H groups in total. The normalized spacial score (nSPS) is 60.8. The van der Waals surface area contributed by atoms with Gasteiger partial charge in [-0.15, -0.1) is 0 Å². The summed E-state index contributed by atoms with van der Waals surface area (Å²) in [6.45, 7) is 4.52. The van der Waals surface area contributed by atoms with Crippen LogP contribution in [0.5, 0.6) is 0 Å². The molecule has 9 heteroatoms. The summed E-state index contributed by atoms with van der Waals surface area (Å²) in [5.74, 6) is -3.08. The SMILES string of the molecule is CC1=CC(=O)[C@H](O)[C@]2(C)C3[C@@H](O)[C@H](O)[C@@]4(C)OC[C@@]35[C@H](C[C@H]12)OC(=O)[C@H](O)[C@]54O. The maximum atomic E-state index is 12.5. The molecule has 29 heavy (non-hydrogen) atoms. The van der Waals surface area contributed by atoms with Crippen LogP contribution in [0, 0.1) is 22.7 Å². The predicted molar refractivity (Wildman–Crippen MR) is 94.1 cm³/mol. The molecule has 2 bridgehead atoms. The van der Waals surface area contributed by atoms with Crippen LogP contribution in [0.1, 0.15) is 27.2 Å². The summed E-state index contributed by atoms with van der Waals surface area (Å²) in [4.78, 5) is 25.0. The third-order valence-electron chi connectivity index (χ3n) is 8.96. The topological polar surface area (TPSA) is 154 Å². The van der Waals surface area contributed by atoms with E-state index in [0.29, 0.717) is 5.57 Å². The highest BCUT2D eigenvalue weighted by molar-refractivity contribution is 5.96. The van der Waals surface area contributed by atoms with E-state index in [1.165, 1.54) is 13.0 Å². The average molecular weight is 410 g/mol. The summed E-state index contributed by atoms with van der Waals surface area (Å²) in [6, 6.07) is 0. The van der Waals surface area contributed by atoms with E-state index in [1.54, 1.807) is 13.8 Å². The molecule has 2 aliphatic heterocycles. The van der Waals surface area contributed by atoms with Gasteiger partial charge in [-0.25, -0.2) is 4.79 Å². The van der Waals surface area contributed by atoms with Crippen molar-refractivity contribution in [3.05, 3.63) is 11.6 Å². The van der Waals surface area contributed by atoms with Crippen LogP contribution >= 0.6 is 0 Å². The lowest BCUT2D eigenvalue weighted by atomic mass is 9.36. The van der Waals surface area contributed by atoms with Crippen molar-refractivity contribution >= 4 is 11.8 Å². The minimum absolute atomic E-state index is 0.183. The molecule has 2 heterocycles. The molecule has 2 saturated carbocycles. The molecule has 9 nitrogen and oxygen atoms in total. The van der Waals surface area contributed by atoms with Gasteiger partial charge in [-0.1, -0.05) is 12.5 Å². The maximum Gasteiger partial charge on any atom is 0.338 e. The summed E-state index contributed by atoms with van der Waals surface area (Å²) in [6.07, 6.45) is -6.07. The molecule has 11 atom stereocenters. The molecule has 4 fully saturated rings. The lowest BCUT2D eigenvalue weighted by Gasteiger charge is -2.70. The highest BCUT2D eigenvalue weighted by Crippen LogP contribution is 2.73. The zero-order valence-corrected chi connectivity index (χ0v) is 16.4. The Morgan fingerprint density at radius 1 is 1.10 bits per heavy atom. The Labute approximate surface area is 166 Å². The number of hydrogen-bond donors (Lipinski definition) is 5. The van der Waals surface area contributed by atoms with E-state index in [4.69, 9.17) is 9.47 Å². The third kappa shape index (κ3) is 1.70. The quantitative estimate of drug-likeness (QED) is 0.287. The van der Waals surface area contributed by atoms with Gasteiger partial charge in [0.1, 0.15) is 29.5 Å². The van der Waals surface area contributed by atoms with Crippen LogP contribution in [0.2, 0.25) is 0 Å². The first-order valence-electron chi connectivity index (χ1n) is 9.90. The molecule has 0 aromatic carbocycles. The number of ether oxygens (including phenoxy) is 2. The number of carbonyl (C=O) groups excluding carboxylic acids is 2. The first-order chi connectivity index (χ1) is 13.4. The number of allylic oxidation sites excluding steroid dienone is 1. The van der Waals surface area contributed by atoms with Crippen molar-refractivity contribution in [2.24, 2.45) is 22.7 Å². The van der Waals surface area contributed by atoms with Crippen LogP contribution in [-0.4, -0.2) is 85.6 Å². The maximum absolute atomic E-state index is 12.5. The molecule has 0 aromatic heterocycles. The lowest BCUT2D eigenvalue weighted by Crippen LogP contribution is -2.86. The van der Waals surface area contributed by atoms with Crippen molar-refractivity contribution in [2.45, 2.75) is 68.9 Å². The van der Waals surface area contributed by atoms with Gasteiger partial charge >= 0.3 is 5.97 Å². The van der Waals surface area contributed by atoms with Gasteiger partial charge in [-0.2, -0.15) is 0 Å². The molecule has 5 rings (SSSR count). The number of esters is 1. The van der Waals surface area contributed by atoms with Gasteiger partial charge in [0.05, 0.1) is 18.1 Å². The molecule has 5 aliphatic rings. The summed E-state index contributed by atoms with van der Waals surface area (Å²) >= 11 is 0. The molecule has 1 spiro atoms. The number of hydrogen-bond acceptors (Lipinski definition) is 9. The summed E-state index contributed by atoms with van der Waals surface area (Å²) in [5.41, 5.74) is -6.22. The lowest BCUT2D eigenvalue weighted by molar-refractivity contribution is -0.351. The molecular weight excluding hydrogens is 384 g/mol. The first-order valence-corrected chi connectivity index (χ1v) is 9.90. The van der Waals surface area contributed by atoms with Gasteiger partial charge in [-0.05, 0) is 32.3 Å². The van der Waals surface area contributed by atoms with E-state index in [2.05, 4.69) is 0 Å². The van der Waals surface area contributed by atoms with E-state index in [9.17, 15) is 35.1 Å². The van der Waals surface area contributed by atoms with Crippen LogP contribution < -0.4 is 0 Å². The number of ketones is 1. The molecule has 0 amide bonds. The fourth-order valence-electron chi connectivity index (χ4n) is 7.56. The minimum Gasteiger partial charge on any atom is -0.460 e. The Morgan fingerprint density at radius 3 is 2.41 bits per heavy atom. The molecular formula is C20H26O9. The second kappa shape index (κ2) is 5.27. The first kappa shape index (κ1) is 19.6. The Bertz CT molecular complexity index is 855. The van der Waals surface area contributed by atoms with Gasteiger partial charge < -0.3 is 35.0 Å². The van der Waals surface area contributed by atoms with Crippen molar-refractivity contribution in [3.63, 3.8) is 0 Å². The second-order valence-corrected chi connectivity index (χ2v) is 9.79. The van der Waals surface area contributed by atoms with Crippen LogP contribution in [0.3, 0.4) is 0 Å². The molecule has 1 unspecified atom stereocenters. The highest BCUT2D eigenvalue weighted by atomic mass is 16.6. The Morgan fingerprint density at radius 2 is 1.76 bits per heavy atom. The number of carbonyl (C=O) groups is 2. The highest BCUT2D eigenvalue weighted by Gasteiger charge is 2.88. The van der Waals surface area contributed by atoms with Gasteiger partial charge in [-0.3, -0.25) is 4.79 Å². The number of aliphatic hydroxyl groups is 5. The molecule has 2 saturated heterocycles. The summed E-state index contributed by atoms with van der Waals surface area (Å²) in [7, 11) is 0. The monoisotopic (exact) mass is 410 g/mol. The van der Waals surface area contributed by atoms with Gasteiger partial charge in [0.25, 0.3) is 0 Å². The van der Waals surface area contributed by atoms with Crippen molar-refractivity contribution in [3.8, 4) is 0 Å². The van der Waals surface area contributed by atoms with E-state index >= 15 is 0 Å². The number of rotatable bonds is 0. The van der Waals surface area contributed by atoms with E-state index in [1.807, 2.05) is 0 Å². The molecule has 160 valence electrons. The van der Waals surface area contributed by atoms with Crippen LogP contribution in [-0.2, 0) is 19.1 Å². The van der Waals surface area contributed by atoms with Crippen LogP contribution in [0.25, 0.3) is 0 Å². The van der Waals surface area contributed by atoms with E-state index < -0.39 is 76.1 Å². The molecule has 0 radical (unpaired) electrons. The van der Waals surface area contributed by atoms with Gasteiger partial charge in [0, 0.05) is 11.3 Å². The van der Waals surface area contributed by atoms with Gasteiger partial charge in [0.2, 0.25) is 0 Å². The molecule has 0 aromatic rings. The summed E-state index contributed by atoms with van der Waals surface area (Å²) in [5, 5.41) is 55.8. The zero-order chi connectivity index (χ0) is 21.3. The van der Waals surface area contributed by atoms with Crippen molar-refractivity contribution in [1.82, 2.24) is 0 Å². The van der Waals surface area contributed by atoms with Crippen LogP contribution in [0.15, 0.2) is 11.6 Å². The summed E-state index contributed by atoms with van der Waals surface area (Å²) < 4.78 is 11.4. The van der Waals surface area contributed by atoms with Crippen molar-refractivity contribution in [2.75, 3.05) is 6.61 Å². The third-order valence-corrected chi connectivity index (χ3v) is 8.96. The van der Waals surface area contributed by atoms with E-state index in [0.717, 1.165) is 0 Å². The largest absolute Gasteiger partial charge is 0.460 e. The van der Waals surface area contributed by atoms with Crippen LogP contribution in [0.4, 0.5) is 0 Å². The minimum atomic E-state index is -2.27. The second-order valence-electron chi connectivity index (χ2n) is 9.79. The molecule has 3 aliphatic carbocycles. The number of aliphatic hydroxyl groups excluding tert-OH is 4. The average Bonchev–Trinajstić information content (AvgIpc) is 2.85. The smallest absolute Gasteiger partial charge is 0.338 e. The van der Waals surface area contributed by atoms with Crippen molar-refractivity contribution < 1.29 is 44.6 Å². The Kier molecular flexibility index (Phi) is 3.56. The predicted octanol–water partition coefficient (Wildman–Crippen LogP) is -1.95. The fraction of sp³-hybridized carbons (Fsp3) is 0.800. The zero-order valence-electron chi connectivity index (χ0n) is 16.4. The van der Waals surface area contributed by atoms with Gasteiger partial charge in [0.15, 0.2) is 11.9 Å². The Hall–Kier alpha value is -1.36. The van der Waals surface area contributed by atoms with E-state index in [-0.39, 0.29) is 13.0 Å².